The van der Waals surface area contributed by atoms with Gasteiger partial charge in [0.25, 0.3) is 0 Å². The van der Waals surface area contributed by atoms with Crippen LogP contribution in [0.2, 0.25) is 0 Å². The minimum atomic E-state index is 0.142. The molecular weight excluding hydrogens is 322 g/mol. The number of carbonyl (C=O) groups excluding carboxylic acids is 1. The monoisotopic (exact) mass is 353 g/mol. The maximum absolute atomic E-state index is 12.4. The third-order valence-corrected chi connectivity index (χ3v) is 4.72. The van der Waals surface area contributed by atoms with Gasteiger partial charge >= 0.3 is 0 Å². The van der Waals surface area contributed by atoms with Crippen LogP contribution >= 0.6 is 0 Å². The molecule has 2 rings (SSSR count). The molecule has 0 bridgehead atoms. The van der Waals surface area contributed by atoms with Gasteiger partial charge in [-0.2, -0.15) is 0 Å². The molecule has 2 atom stereocenters. The number of hydrogen-bond acceptors (Lipinski definition) is 3. The fraction of sp³-hybridized carbons (Fsp3) is 0.435. The number of ether oxygens (including phenoxy) is 1. The van der Waals surface area contributed by atoms with Crippen molar-refractivity contribution >= 4 is 5.78 Å². The predicted octanol–water partition coefficient (Wildman–Crippen LogP) is 4.62. The third kappa shape index (κ3) is 6.30. The SMILES string of the molecule is C=C/C(=C\C=C1\C=CCN(C)C1)C1CC1C(=O)C/C=C/C=C(\C)OCC. The number of carbonyl (C=O) groups is 1. The van der Waals surface area contributed by atoms with Crippen LogP contribution in [-0.4, -0.2) is 37.4 Å². The average Bonchev–Trinajstić information content (AvgIpc) is 3.40. The second-order valence-electron chi connectivity index (χ2n) is 6.97. The van der Waals surface area contributed by atoms with Crippen LogP contribution in [0.1, 0.15) is 26.7 Å². The molecule has 3 nitrogen and oxygen atoms in total. The summed E-state index contributed by atoms with van der Waals surface area (Å²) in [5.74, 6) is 1.65. The van der Waals surface area contributed by atoms with E-state index in [2.05, 4.69) is 42.8 Å². The zero-order valence-corrected chi connectivity index (χ0v) is 16.3. The lowest BCUT2D eigenvalue weighted by molar-refractivity contribution is -0.119. The lowest BCUT2D eigenvalue weighted by Gasteiger charge is -2.19. The van der Waals surface area contributed by atoms with Gasteiger partial charge < -0.3 is 4.74 Å². The zero-order chi connectivity index (χ0) is 18.9. The molecule has 0 aromatic heterocycles. The Labute approximate surface area is 158 Å². The summed E-state index contributed by atoms with van der Waals surface area (Å²) in [6.07, 6.45) is 17.7. The highest BCUT2D eigenvalue weighted by Crippen LogP contribution is 2.45. The molecule has 0 amide bonds. The minimum Gasteiger partial charge on any atom is -0.499 e. The highest BCUT2D eigenvalue weighted by molar-refractivity contribution is 5.85. The third-order valence-electron chi connectivity index (χ3n) is 4.72. The van der Waals surface area contributed by atoms with E-state index >= 15 is 0 Å². The molecule has 1 aliphatic carbocycles. The molecule has 26 heavy (non-hydrogen) atoms. The van der Waals surface area contributed by atoms with Gasteiger partial charge in [-0.05, 0) is 50.5 Å². The standard InChI is InChI=1S/C23H31NO2/c1-5-20(14-13-19-11-9-15-24(4)17-19)21-16-22(21)23(25)12-8-7-10-18(3)26-6-2/h5,7-11,13-14,21-22H,1,6,12,15-17H2,2-4H3/b8-7+,18-10+,19-13-,20-14+. The van der Waals surface area contributed by atoms with Gasteiger partial charge in [-0.25, -0.2) is 0 Å². The van der Waals surface area contributed by atoms with Crippen LogP contribution in [0.4, 0.5) is 0 Å². The van der Waals surface area contributed by atoms with E-state index in [9.17, 15) is 4.79 Å². The summed E-state index contributed by atoms with van der Waals surface area (Å²) in [5, 5.41) is 0. The molecule has 2 aliphatic rings. The molecule has 0 N–H and O–H groups in total. The largest absolute Gasteiger partial charge is 0.499 e. The van der Waals surface area contributed by atoms with Crippen molar-refractivity contribution < 1.29 is 9.53 Å². The lowest BCUT2D eigenvalue weighted by atomic mass is 10.0. The highest BCUT2D eigenvalue weighted by atomic mass is 16.5. The Hall–Kier alpha value is -2.13. The number of Topliss-reactive ketones (excluding diaryl/α,β-unsaturated/α-hetero) is 1. The molecule has 2 unspecified atom stereocenters. The summed E-state index contributed by atoms with van der Waals surface area (Å²) < 4.78 is 5.35. The van der Waals surface area contributed by atoms with Crippen molar-refractivity contribution in [2.75, 3.05) is 26.7 Å². The fourth-order valence-corrected chi connectivity index (χ4v) is 3.20. The Kier molecular flexibility index (Phi) is 7.86. The van der Waals surface area contributed by atoms with Crippen molar-refractivity contribution in [2.45, 2.75) is 26.7 Å². The zero-order valence-electron chi connectivity index (χ0n) is 16.3. The topological polar surface area (TPSA) is 29.5 Å². The van der Waals surface area contributed by atoms with Gasteiger partial charge in [0.2, 0.25) is 0 Å². The molecule has 0 spiro atoms. The summed E-state index contributed by atoms with van der Waals surface area (Å²) in [7, 11) is 2.11. The molecule has 1 heterocycles. The van der Waals surface area contributed by atoms with Crippen LogP contribution < -0.4 is 0 Å². The van der Waals surface area contributed by atoms with E-state index in [1.54, 1.807) is 0 Å². The maximum atomic E-state index is 12.4. The first-order chi connectivity index (χ1) is 12.5. The van der Waals surface area contributed by atoms with Crippen molar-refractivity contribution in [2.24, 2.45) is 11.8 Å². The van der Waals surface area contributed by atoms with Gasteiger partial charge in [0.05, 0.1) is 12.4 Å². The molecule has 3 heteroatoms. The first-order valence-electron chi connectivity index (χ1n) is 9.42. The van der Waals surface area contributed by atoms with E-state index < -0.39 is 0 Å². The maximum Gasteiger partial charge on any atom is 0.140 e. The summed E-state index contributed by atoms with van der Waals surface area (Å²) in [5.41, 5.74) is 2.47. The quantitative estimate of drug-likeness (QED) is 0.447. The van der Waals surface area contributed by atoms with Crippen LogP contribution in [0.5, 0.6) is 0 Å². The number of rotatable bonds is 9. The summed E-state index contributed by atoms with van der Waals surface area (Å²) in [6.45, 7) is 10.4. The summed E-state index contributed by atoms with van der Waals surface area (Å²) in [6, 6.07) is 0. The van der Waals surface area contributed by atoms with E-state index in [4.69, 9.17) is 4.74 Å². The molecule has 1 fully saturated rings. The number of nitrogens with zero attached hydrogens (tertiary/aromatic N) is 1. The van der Waals surface area contributed by atoms with Crippen LogP contribution in [0.15, 0.2) is 72.1 Å². The second-order valence-corrected chi connectivity index (χ2v) is 6.97. The lowest BCUT2D eigenvalue weighted by Crippen LogP contribution is -2.23. The number of ketones is 1. The summed E-state index contributed by atoms with van der Waals surface area (Å²) in [4.78, 5) is 14.6. The van der Waals surface area contributed by atoms with Gasteiger partial charge in [-0.1, -0.05) is 49.1 Å². The van der Waals surface area contributed by atoms with E-state index in [1.807, 2.05) is 38.2 Å². The van der Waals surface area contributed by atoms with Crippen molar-refractivity contribution in [3.8, 4) is 0 Å². The van der Waals surface area contributed by atoms with Crippen LogP contribution in [-0.2, 0) is 9.53 Å². The highest BCUT2D eigenvalue weighted by Gasteiger charge is 2.43. The molecule has 0 saturated heterocycles. The summed E-state index contributed by atoms with van der Waals surface area (Å²) >= 11 is 0. The van der Waals surface area contributed by atoms with Crippen LogP contribution in [0.25, 0.3) is 0 Å². The molecular formula is C23H31NO2. The minimum absolute atomic E-state index is 0.142. The van der Waals surface area contributed by atoms with Crippen molar-refractivity contribution in [3.63, 3.8) is 0 Å². The van der Waals surface area contributed by atoms with Crippen LogP contribution in [0, 0.1) is 11.8 Å². The van der Waals surface area contributed by atoms with Crippen molar-refractivity contribution in [1.82, 2.24) is 4.90 Å². The van der Waals surface area contributed by atoms with Gasteiger partial charge in [-0.15, -0.1) is 0 Å². The normalized spacial score (nSPS) is 25.7. The Morgan fingerprint density at radius 1 is 1.38 bits per heavy atom. The van der Waals surface area contributed by atoms with E-state index in [-0.39, 0.29) is 5.92 Å². The van der Waals surface area contributed by atoms with Crippen molar-refractivity contribution in [3.05, 3.63) is 72.1 Å². The van der Waals surface area contributed by atoms with E-state index in [0.29, 0.717) is 24.7 Å². The predicted molar refractivity (Wildman–Crippen MR) is 109 cm³/mol. The Morgan fingerprint density at radius 3 is 2.88 bits per heavy atom. The van der Waals surface area contributed by atoms with Crippen LogP contribution in [0.3, 0.4) is 0 Å². The first kappa shape index (κ1) is 20.2. The second kappa shape index (κ2) is 10.1. The van der Waals surface area contributed by atoms with Gasteiger partial charge in [0.15, 0.2) is 0 Å². The number of likely N-dealkylation sites (N-methyl/N-ethyl adjacent to an activating group) is 1. The number of allylic oxidation sites excluding steroid dienone is 8. The van der Waals surface area contributed by atoms with Crippen molar-refractivity contribution in [1.29, 1.82) is 0 Å². The molecule has 1 saturated carbocycles. The van der Waals surface area contributed by atoms with Gasteiger partial charge in [-0.3, -0.25) is 9.69 Å². The molecule has 140 valence electrons. The fourth-order valence-electron chi connectivity index (χ4n) is 3.20. The van der Waals surface area contributed by atoms with E-state index in [0.717, 1.165) is 25.3 Å². The molecule has 0 aromatic carbocycles. The Balaban J connectivity index is 1.87. The Bertz CT molecular complexity index is 664. The van der Waals surface area contributed by atoms with E-state index in [1.165, 1.54) is 11.1 Å². The number of hydrogen-bond donors (Lipinski definition) is 0. The smallest absolute Gasteiger partial charge is 0.140 e. The average molecular weight is 354 g/mol. The molecule has 0 aromatic rings. The first-order valence-corrected chi connectivity index (χ1v) is 9.42. The van der Waals surface area contributed by atoms with Gasteiger partial charge in [0.1, 0.15) is 5.78 Å². The van der Waals surface area contributed by atoms with Gasteiger partial charge in [0, 0.05) is 25.4 Å². The Morgan fingerprint density at radius 2 is 2.19 bits per heavy atom. The molecule has 1 aliphatic heterocycles. The molecule has 0 radical (unpaired) electrons.